The molecule has 0 aliphatic carbocycles. The molecule has 0 aromatic carbocycles. The molecular formula is C12H18N4. The van der Waals surface area contributed by atoms with E-state index in [0.717, 1.165) is 17.0 Å². The van der Waals surface area contributed by atoms with Crippen LogP contribution >= 0.6 is 0 Å². The third-order valence-electron chi connectivity index (χ3n) is 2.58. The van der Waals surface area contributed by atoms with Crippen LogP contribution in [-0.2, 0) is 12.6 Å². The van der Waals surface area contributed by atoms with Gasteiger partial charge in [0.05, 0.1) is 16.9 Å². The van der Waals surface area contributed by atoms with Crippen molar-refractivity contribution < 1.29 is 0 Å². The van der Waals surface area contributed by atoms with Gasteiger partial charge in [-0.05, 0) is 33.8 Å². The van der Waals surface area contributed by atoms with Gasteiger partial charge in [-0.2, -0.15) is 10.2 Å². The van der Waals surface area contributed by atoms with Gasteiger partial charge in [0.25, 0.3) is 0 Å². The summed E-state index contributed by atoms with van der Waals surface area (Å²) in [5, 5.41) is 8.94. The summed E-state index contributed by atoms with van der Waals surface area (Å²) in [5.41, 5.74) is 3.12. The van der Waals surface area contributed by atoms with Crippen LogP contribution in [0.4, 0.5) is 0 Å². The van der Waals surface area contributed by atoms with Gasteiger partial charge >= 0.3 is 0 Å². The molecule has 0 N–H and O–H groups in total. The number of aryl methyl sites for hydroxylation is 2. The first kappa shape index (κ1) is 10.9. The highest BCUT2D eigenvalue weighted by Crippen LogP contribution is 2.23. The van der Waals surface area contributed by atoms with Crippen molar-refractivity contribution in [3.63, 3.8) is 0 Å². The summed E-state index contributed by atoms with van der Waals surface area (Å²) in [6.07, 6.45) is 4.01. The second-order valence-electron chi connectivity index (χ2n) is 5.12. The van der Waals surface area contributed by atoms with E-state index >= 15 is 0 Å². The van der Waals surface area contributed by atoms with Crippen LogP contribution in [0.25, 0.3) is 11.3 Å². The molecule has 16 heavy (non-hydrogen) atoms. The Hall–Kier alpha value is -1.58. The Labute approximate surface area is 95.9 Å². The Bertz CT molecular complexity index is 499. The molecule has 0 atom stereocenters. The Kier molecular flexibility index (Phi) is 2.37. The van der Waals surface area contributed by atoms with E-state index in [0.29, 0.717) is 0 Å². The van der Waals surface area contributed by atoms with E-state index in [1.807, 2.05) is 35.6 Å². The fourth-order valence-electron chi connectivity index (χ4n) is 1.61. The summed E-state index contributed by atoms with van der Waals surface area (Å²) in [4.78, 5) is 0. The zero-order chi connectivity index (χ0) is 11.9. The zero-order valence-electron chi connectivity index (χ0n) is 10.5. The van der Waals surface area contributed by atoms with Crippen molar-refractivity contribution in [3.05, 3.63) is 24.2 Å². The van der Waals surface area contributed by atoms with Crippen molar-refractivity contribution in [1.82, 2.24) is 19.6 Å². The van der Waals surface area contributed by atoms with Gasteiger partial charge < -0.3 is 0 Å². The Morgan fingerprint density at radius 3 is 2.31 bits per heavy atom. The lowest BCUT2D eigenvalue weighted by molar-refractivity contribution is 0.354. The highest BCUT2D eigenvalue weighted by atomic mass is 15.3. The molecule has 4 nitrogen and oxygen atoms in total. The lowest BCUT2D eigenvalue weighted by Crippen LogP contribution is -2.22. The van der Waals surface area contributed by atoms with Gasteiger partial charge in [0.1, 0.15) is 0 Å². The number of aromatic nitrogens is 4. The van der Waals surface area contributed by atoms with E-state index in [2.05, 4.69) is 37.2 Å². The van der Waals surface area contributed by atoms with E-state index in [-0.39, 0.29) is 5.54 Å². The highest BCUT2D eigenvalue weighted by Gasteiger charge is 2.17. The maximum Gasteiger partial charge on any atom is 0.0957 e. The second-order valence-corrected chi connectivity index (χ2v) is 5.12. The molecule has 2 heterocycles. The molecule has 0 spiro atoms. The van der Waals surface area contributed by atoms with Gasteiger partial charge in [-0.15, -0.1) is 0 Å². The van der Waals surface area contributed by atoms with Gasteiger partial charge in [-0.25, -0.2) is 0 Å². The first-order chi connectivity index (χ1) is 7.38. The predicted molar refractivity (Wildman–Crippen MR) is 64.2 cm³/mol. The third-order valence-corrected chi connectivity index (χ3v) is 2.58. The standard InChI is InChI=1S/C12H18N4/c1-9-10(11-6-7-15(5)14-11)8-16(13-9)12(2,3)4/h6-8H,1-5H3. The van der Waals surface area contributed by atoms with Gasteiger partial charge in [0.15, 0.2) is 0 Å². The summed E-state index contributed by atoms with van der Waals surface area (Å²) < 4.78 is 3.80. The van der Waals surface area contributed by atoms with Crippen LogP contribution in [-0.4, -0.2) is 19.6 Å². The maximum absolute atomic E-state index is 4.53. The average molecular weight is 218 g/mol. The lowest BCUT2D eigenvalue weighted by Gasteiger charge is -2.18. The molecule has 2 aromatic rings. The molecule has 0 bridgehead atoms. The zero-order valence-corrected chi connectivity index (χ0v) is 10.5. The number of hydrogen-bond acceptors (Lipinski definition) is 2. The number of rotatable bonds is 1. The van der Waals surface area contributed by atoms with E-state index in [9.17, 15) is 0 Å². The second kappa shape index (κ2) is 3.47. The molecule has 2 aromatic heterocycles. The molecule has 0 radical (unpaired) electrons. The van der Waals surface area contributed by atoms with Crippen molar-refractivity contribution in [2.75, 3.05) is 0 Å². The van der Waals surface area contributed by atoms with Crippen LogP contribution in [0.15, 0.2) is 18.5 Å². The van der Waals surface area contributed by atoms with Crippen LogP contribution in [0.1, 0.15) is 26.5 Å². The topological polar surface area (TPSA) is 35.6 Å². The molecule has 0 unspecified atom stereocenters. The van der Waals surface area contributed by atoms with Crippen LogP contribution < -0.4 is 0 Å². The van der Waals surface area contributed by atoms with Gasteiger partial charge in [0.2, 0.25) is 0 Å². The average Bonchev–Trinajstić information content (AvgIpc) is 2.70. The van der Waals surface area contributed by atoms with Crippen LogP contribution in [0.3, 0.4) is 0 Å². The first-order valence-electron chi connectivity index (χ1n) is 5.45. The van der Waals surface area contributed by atoms with Gasteiger partial charge in [0, 0.05) is 25.0 Å². The summed E-state index contributed by atoms with van der Waals surface area (Å²) >= 11 is 0. The molecule has 4 heteroatoms. The summed E-state index contributed by atoms with van der Waals surface area (Å²) in [6, 6.07) is 2.01. The van der Waals surface area contributed by atoms with Gasteiger partial charge in [-0.3, -0.25) is 9.36 Å². The summed E-state index contributed by atoms with van der Waals surface area (Å²) in [6.45, 7) is 8.44. The SMILES string of the molecule is Cc1nn(C(C)(C)C)cc1-c1ccn(C)n1. The van der Waals surface area contributed by atoms with Crippen molar-refractivity contribution in [2.24, 2.45) is 7.05 Å². The lowest BCUT2D eigenvalue weighted by atomic mass is 10.1. The van der Waals surface area contributed by atoms with Gasteiger partial charge in [-0.1, -0.05) is 0 Å². The minimum atomic E-state index is 0.0117. The van der Waals surface area contributed by atoms with Crippen molar-refractivity contribution in [2.45, 2.75) is 33.2 Å². The quantitative estimate of drug-likeness (QED) is 0.736. The minimum absolute atomic E-state index is 0.0117. The van der Waals surface area contributed by atoms with Crippen LogP contribution in [0, 0.1) is 6.92 Å². The van der Waals surface area contributed by atoms with E-state index < -0.39 is 0 Å². The molecule has 0 saturated heterocycles. The first-order valence-corrected chi connectivity index (χ1v) is 5.45. The van der Waals surface area contributed by atoms with Crippen molar-refractivity contribution >= 4 is 0 Å². The fraction of sp³-hybridized carbons (Fsp3) is 0.500. The predicted octanol–water partition coefficient (Wildman–Crippen LogP) is 2.35. The Balaban J connectivity index is 2.47. The maximum atomic E-state index is 4.53. The molecule has 86 valence electrons. The fourth-order valence-corrected chi connectivity index (χ4v) is 1.61. The summed E-state index contributed by atoms with van der Waals surface area (Å²) in [5.74, 6) is 0. The molecule has 0 aliphatic heterocycles. The number of nitrogens with zero attached hydrogens (tertiary/aromatic N) is 4. The van der Waals surface area contributed by atoms with Crippen molar-refractivity contribution in [3.8, 4) is 11.3 Å². The molecule has 0 aliphatic rings. The summed E-state index contributed by atoms with van der Waals surface area (Å²) in [7, 11) is 1.92. The van der Waals surface area contributed by atoms with Crippen LogP contribution in [0.5, 0.6) is 0 Å². The van der Waals surface area contributed by atoms with E-state index in [1.165, 1.54) is 0 Å². The Morgan fingerprint density at radius 1 is 1.19 bits per heavy atom. The van der Waals surface area contributed by atoms with Crippen LogP contribution in [0.2, 0.25) is 0 Å². The molecule has 0 amide bonds. The molecule has 2 rings (SSSR count). The van der Waals surface area contributed by atoms with E-state index in [4.69, 9.17) is 0 Å². The van der Waals surface area contributed by atoms with Crippen molar-refractivity contribution in [1.29, 1.82) is 0 Å². The highest BCUT2D eigenvalue weighted by molar-refractivity contribution is 5.60. The monoisotopic (exact) mass is 218 g/mol. The molecule has 0 saturated carbocycles. The molecule has 0 fully saturated rings. The van der Waals surface area contributed by atoms with E-state index in [1.54, 1.807) is 0 Å². The normalized spacial score (nSPS) is 12.1. The largest absolute Gasteiger partial charge is 0.275 e. The molecular weight excluding hydrogens is 200 g/mol. The third kappa shape index (κ3) is 1.87. The Morgan fingerprint density at radius 2 is 1.88 bits per heavy atom. The minimum Gasteiger partial charge on any atom is -0.275 e. The smallest absolute Gasteiger partial charge is 0.0957 e. The number of hydrogen-bond donors (Lipinski definition) is 0.